The quantitative estimate of drug-likeness (QED) is 0.696. The highest BCUT2D eigenvalue weighted by Crippen LogP contribution is 2.22. The van der Waals surface area contributed by atoms with Crippen molar-refractivity contribution in [1.29, 1.82) is 0 Å². The molecule has 2 heterocycles. The molecule has 0 amide bonds. The zero-order chi connectivity index (χ0) is 16.1. The van der Waals surface area contributed by atoms with Gasteiger partial charge in [0.1, 0.15) is 0 Å². The number of benzene rings is 1. The Balaban J connectivity index is 1.74. The molecule has 1 N–H and O–H groups in total. The average Bonchev–Trinajstić information content (AvgIpc) is 3.21. The summed E-state index contributed by atoms with van der Waals surface area (Å²) in [5, 5.41) is 14.5. The van der Waals surface area contributed by atoms with E-state index in [-0.39, 0.29) is 0 Å². The third-order valence-corrected chi connectivity index (χ3v) is 5.44. The number of aryl methyl sites for hydroxylation is 1. The number of aliphatic hydroxyl groups is 1. The summed E-state index contributed by atoms with van der Waals surface area (Å²) in [5.74, 6) is 0. The molecule has 0 aliphatic heterocycles. The predicted molar refractivity (Wildman–Crippen MR) is 96.7 cm³/mol. The van der Waals surface area contributed by atoms with Crippen LogP contribution in [-0.4, -0.2) is 21.5 Å². The molecule has 3 rings (SSSR count). The van der Waals surface area contributed by atoms with Gasteiger partial charge >= 0.3 is 0 Å². The Morgan fingerprint density at radius 1 is 1.17 bits per heavy atom. The lowest BCUT2D eigenvalue weighted by Gasteiger charge is -2.24. The first kappa shape index (κ1) is 16.3. The summed E-state index contributed by atoms with van der Waals surface area (Å²) in [5.41, 5.74) is 5.22. The minimum Gasteiger partial charge on any atom is -0.387 e. The van der Waals surface area contributed by atoms with Crippen molar-refractivity contribution in [2.75, 3.05) is 6.54 Å². The zero-order valence-corrected chi connectivity index (χ0v) is 14.7. The fraction of sp³-hybridized carbons (Fsp3) is 0.278. The Bertz CT molecular complexity index is 710. The van der Waals surface area contributed by atoms with E-state index < -0.39 is 6.10 Å². The van der Waals surface area contributed by atoms with Crippen LogP contribution in [0.4, 0.5) is 0 Å². The summed E-state index contributed by atoms with van der Waals surface area (Å²) < 4.78 is 0. The summed E-state index contributed by atoms with van der Waals surface area (Å²) in [7, 11) is 0. The van der Waals surface area contributed by atoms with Crippen LogP contribution in [0.2, 0.25) is 0 Å². The van der Waals surface area contributed by atoms with E-state index >= 15 is 0 Å². The molecule has 0 saturated carbocycles. The van der Waals surface area contributed by atoms with Crippen molar-refractivity contribution in [3.63, 3.8) is 0 Å². The van der Waals surface area contributed by atoms with Gasteiger partial charge in [0.2, 0.25) is 0 Å². The summed E-state index contributed by atoms with van der Waals surface area (Å²) in [6.07, 6.45) is -0.460. The van der Waals surface area contributed by atoms with Crippen LogP contribution >= 0.6 is 22.7 Å². The van der Waals surface area contributed by atoms with Crippen LogP contribution in [0.3, 0.4) is 0 Å². The van der Waals surface area contributed by atoms with Gasteiger partial charge in [-0.1, -0.05) is 30.3 Å². The minimum absolute atomic E-state index is 0.460. The molecule has 0 spiro atoms. The van der Waals surface area contributed by atoms with Crippen LogP contribution in [0.1, 0.15) is 27.8 Å². The summed E-state index contributed by atoms with van der Waals surface area (Å²) in [6.45, 7) is 4.29. The normalized spacial score (nSPS) is 12.7. The van der Waals surface area contributed by atoms with E-state index in [9.17, 15) is 5.11 Å². The highest BCUT2D eigenvalue weighted by molar-refractivity contribution is 7.09. The van der Waals surface area contributed by atoms with Crippen LogP contribution in [-0.2, 0) is 13.1 Å². The molecule has 2 aromatic heterocycles. The highest BCUT2D eigenvalue weighted by atomic mass is 32.1. The van der Waals surface area contributed by atoms with Gasteiger partial charge in [-0.3, -0.25) is 4.90 Å². The lowest BCUT2D eigenvalue weighted by Crippen LogP contribution is -2.27. The summed E-state index contributed by atoms with van der Waals surface area (Å²) >= 11 is 3.30. The van der Waals surface area contributed by atoms with Crippen molar-refractivity contribution in [1.82, 2.24) is 9.88 Å². The first-order valence-electron chi connectivity index (χ1n) is 7.58. The monoisotopic (exact) mass is 344 g/mol. The van der Waals surface area contributed by atoms with Gasteiger partial charge in [-0.15, -0.1) is 11.3 Å². The van der Waals surface area contributed by atoms with Gasteiger partial charge in [-0.05, 0) is 34.9 Å². The van der Waals surface area contributed by atoms with E-state index in [0.717, 1.165) is 24.3 Å². The molecular weight excluding hydrogens is 324 g/mol. The van der Waals surface area contributed by atoms with Crippen molar-refractivity contribution in [3.05, 3.63) is 74.4 Å². The Kier molecular flexibility index (Phi) is 5.56. The zero-order valence-electron chi connectivity index (χ0n) is 13.1. The maximum atomic E-state index is 10.5. The standard InChI is InChI=1S/C18H20N2OS2/c1-14-18(23-13-19-14)11-20(9-15-5-3-2-4-6-15)10-17(21)16-7-8-22-12-16/h2-8,12-13,17,21H,9-11H2,1H3. The molecule has 23 heavy (non-hydrogen) atoms. The molecule has 3 aromatic rings. The summed E-state index contributed by atoms with van der Waals surface area (Å²) in [4.78, 5) is 7.89. The molecule has 0 fully saturated rings. The number of hydrogen-bond donors (Lipinski definition) is 1. The van der Waals surface area contributed by atoms with Crippen LogP contribution in [0.5, 0.6) is 0 Å². The lowest BCUT2D eigenvalue weighted by atomic mass is 10.1. The van der Waals surface area contributed by atoms with Crippen LogP contribution in [0.25, 0.3) is 0 Å². The Labute approximate surface area is 144 Å². The van der Waals surface area contributed by atoms with E-state index in [1.54, 1.807) is 22.7 Å². The SMILES string of the molecule is Cc1ncsc1CN(Cc1ccccc1)CC(O)c1ccsc1. The first-order chi connectivity index (χ1) is 11.2. The van der Waals surface area contributed by atoms with Crippen LogP contribution < -0.4 is 0 Å². The van der Waals surface area contributed by atoms with E-state index in [1.165, 1.54) is 10.4 Å². The van der Waals surface area contributed by atoms with Gasteiger partial charge < -0.3 is 5.11 Å². The maximum absolute atomic E-state index is 10.5. The largest absolute Gasteiger partial charge is 0.387 e. The van der Waals surface area contributed by atoms with Gasteiger partial charge in [0.05, 0.1) is 17.3 Å². The number of thiophene rings is 1. The van der Waals surface area contributed by atoms with Crippen molar-refractivity contribution in [2.24, 2.45) is 0 Å². The van der Waals surface area contributed by atoms with Crippen LogP contribution in [0, 0.1) is 6.92 Å². The molecule has 120 valence electrons. The smallest absolute Gasteiger partial charge is 0.0925 e. The van der Waals surface area contributed by atoms with Crippen molar-refractivity contribution >= 4 is 22.7 Å². The first-order valence-corrected chi connectivity index (χ1v) is 9.40. The van der Waals surface area contributed by atoms with Gasteiger partial charge in [0.15, 0.2) is 0 Å². The molecule has 0 saturated heterocycles. The van der Waals surface area contributed by atoms with Crippen LogP contribution in [0.15, 0.2) is 52.7 Å². The molecule has 0 radical (unpaired) electrons. The molecule has 3 nitrogen and oxygen atoms in total. The van der Waals surface area contributed by atoms with E-state index in [0.29, 0.717) is 6.54 Å². The van der Waals surface area contributed by atoms with Gasteiger partial charge in [0, 0.05) is 24.5 Å². The number of hydrogen-bond acceptors (Lipinski definition) is 5. The number of rotatable bonds is 7. The van der Waals surface area contributed by atoms with Gasteiger partial charge in [0.25, 0.3) is 0 Å². The average molecular weight is 345 g/mol. The summed E-state index contributed by atoms with van der Waals surface area (Å²) in [6, 6.07) is 12.4. The molecule has 0 bridgehead atoms. The third-order valence-electron chi connectivity index (χ3n) is 3.82. The second kappa shape index (κ2) is 7.84. The topological polar surface area (TPSA) is 36.4 Å². The molecule has 1 atom stereocenters. The number of thiazole rings is 1. The second-order valence-corrected chi connectivity index (χ2v) is 7.31. The fourth-order valence-electron chi connectivity index (χ4n) is 2.52. The number of aliphatic hydroxyl groups excluding tert-OH is 1. The van der Waals surface area contributed by atoms with Gasteiger partial charge in [-0.2, -0.15) is 11.3 Å². The molecule has 1 unspecified atom stereocenters. The number of aromatic nitrogens is 1. The number of nitrogens with zero attached hydrogens (tertiary/aromatic N) is 2. The Morgan fingerprint density at radius 3 is 2.65 bits per heavy atom. The molecule has 0 aliphatic rings. The van der Waals surface area contributed by atoms with Gasteiger partial charge in [-0.25, -0.2) is 4.98 Å². The second-order valence-electron chi connectivity index (χ2n) is 5.59. The molecular formula is C18H20N2OS2. The molecule has 0 aliphatic carbocycles. The van der Waals surface area contributed by atoms with Crippen molar-refractivity contribution in [2.45, 2.75) is 26.1 Å². The Morgan fingerprint density at radius 2 is 2.00 bits per heavy atom. The molecule has 5 heteroatoms. The highest BCUT2D eigenvalue weighted by Gasteiger charge is 2.16. The fourth-order valence-corrected chi connectivity index (χ4v) is 4.05. The maximum Gasteiger partial charge on any atom is 0.0925 e. The van der Waals surface area contributed by atoms with E-state index in [2.05, 4.69) is 34.1 Å². The predicted octanol–water partition coefficient (Wildman–Crippen LogP) is 4.25. The Hall–Kier alpha value is -1.53. The van der Waals surface area contributed by atoms with E-state index in [1.807, 2.05) is 35.3 Å². The third kappa shape index (κ3) is 4.48. The van der Waals surface area contributed by atoms with Crippen molar-refractivity contribution in [3.8, 4) is 0 Å². The lowest BCUT2D eigenvalue weighted by molar-refractivity contribution is 0.105. The minimum atomic E-state index is -0.460. The molecule has 1 aromatic carbocycles. The van der Waals surface area contributed by atoms with E-state index in [4.69, 9.17) is 0 Å². The van der Waals surface area contributed by atoms with Crippen molar-refractivity contribution < 1.29 is 5.11 Å².